The molecule has 2 aromatic carbocycles. The molecule has 0 aliphatic heterocycles. The molecule has 1 atom stereocenters. The van der Waals surface area contributed by atoms with Crippen LogP contribution in [0.2, 0.25) is 0 Å². The van der Waals surface area contributed by atoms with Crippen LogP contribution in [0.25, 0.3) is 11.1 Å². The highest BCUT2D eigenvalue weighted by atomic mass is 32.1. The minimum atomic E-state index is -0.769. The standard InChI is InChI=1S/C16H16N2O2S/c17-15(19)14(10-21)18-16(20)13-8-6-12(7-9-13)11-4-2-1-3-5-11/h1-9,14,21H,10H2,(H2,17,19)(H,18,20)/t14-/m0/s1. The number of hydrogen-bond acceptors (Lipinski definition) is 3. The predicted octanol–water partition coefficient (Wildman–Crippen LogP) is 1.87. The van der Waals surface area contributed by atoms with Crippen molar-refractivity contribution in [3.05, 3.63) is 60.2 Å². The van der Waals surface area contributed by atoms with Crippen molar-refractivity contribution in [1.29, 1.82) is 0 Å². The topological polar surface area (TPSA) is 72.2 Å². The van der Waals surface area contributed by atoms with Gasteiger partial charge < -0.3 is 11.1 Å². The van der Waals surface area contributed by atoms with Crippen molar-refractivity contribution < 1.29 is 9.59 Å². The van der Waals surface area contributed by atoms with Crippen molar-refractivity contribution in [1.82, 2.24) is 5.32 Å². The van der Waals surface area contributed by atoms with Gasteiger partial charge in [-0.05, 0) is 23.3 Å². The van der Waals surface area contributed by atoms with Crippen molar-refractivity contribution in [2.75, 3.05) is 5.75 Å². The monoisotopic (exact) mass is 300 g/mol. The molecule has 0 radical (unpaired) electrons. The van der Waals surface area contributed by atoms with Gasteiger partial charge in [-0.15, -0.1) is 0 Å². The molecule has 2 rings (SSSR count). The largest absolute Gasteiger partial charge is 0.368 e. The maximum Gasteiger partial charge on any atom is 0.251 e. The SMILES string of the molecule is NC(=O)[C@H](CS)NC(=O)c1ccc(-c2ccccc2)cc1. The zero-order valence-corrected chi connectivity index (χ0v) is 12.2. The molecule has 3 N–H and O–H groups in total. The lowest BCUT2D eigenvalue weighted by Crippen LogP contribution is -2.45. The highest BCUT2D eigenvalue weighted by Gasteiger charge is 2.17. The predicted molar refractivity (Wildman–Crippen MR) is 86.2 cm³/mol. The van der Waals surface area contributed by atoms with Crippen LogP contribution in [-0.4, -0.2) is 23.6 Å². The summed E-state index contributed by atoms with van der Waals surface area (Å²) in [5.41, 5.74) is 7.75. The molecule has 5 heteroatoms. The summed E-state index contributed by atoms with van der Waals surface area (Å²) in [5.74, 6) is -0.768. The number of benzene rings is 2. The first-order chi connectivity index (χ1) is 10.1. The van der Waals surface area contributed by atoms with Crippen LogP contribution in [0.1, 0.15) is 10.4 Å². The van der Waals surface area contributed by atoms with E-state index in [9.17, 15) is 9.59 Å². The number of nitrogens with two attached hydrogens (primary N) is 1. The van der Waals surface area contributed by atoms with Crippen LogP contribution in [0.15, 0.2) is 54.6 Å². The molecule has 0 heterocycles. The van der Waals surface area contributed by atoms with Crippen molar-refractivity contribution >= 4 is 24.4 Å². The van der Waals surface area contributed by atoms with Crippen molar-refractivity contribution in [3.63, 3.8) is 0 Å². The minimum Gasteiger partial charge on any atom is -0.368 e. The molecule has 0 unspecified atom stereocenters. The Hall–Kier alpha value is -2.27. The number of carbonyl (C=O) groups is 2. The maximum atomic E-state index is 12.0. The Morgan fingerprint density at radius 1 is 1.00 bits per heavy atom. The van der Waals surface area contributed by atoms with E-state index < -0.39 is 11.9 Å². The van der Waals surface area contributed by atoms with E-state index in [4.69, 9.17) is 5.73 Å². The zero-order chi connectivity index (χ0) is 15.2. The van der Waals surface area contributed by atoms with Gasteiger partial charge in [0.15, 0.2) is 0 Å². The van der Waals surface area contributed by atoms with E-state index >= 15 is 0 Å². The van der Waals surface area contributed by atoms with E-state index in [0.29, 0.717) is 5.56 Å². The highest BCUT2D eigenvalue weighted by Crippen LogP contribution is 2.19. The summed E-state index contributed by atoms with van der Waals surface area (Å²) < 4.78 is 0. The molecule has 2 amide bonds. The summed E-state index contributed by atoms with van der Waals surface area (Å²) in [5, 5.41) is 2.55. The second-order valence-corrected chi connectivity index (χ2v) is 4.92. The lowest BCUT2D eigenvalue weighted by molar-refractivity contribution is -0.119. The molecule has 0 aliphatic carbocycles. The van der Waals surface area contributed by atoms with Crippen LogP contribution in [0.5, 0.6) is 0 Å². The molecule has 2 aromatic rings. The molecular formula is C16H16N2O2S. The quantitative estimate of drug-likeness (QED) is 0.738. The second-order valence-electron chi connectivity index (χ2n) is 4.55. The molecule has 0 saturated heterocycles. The number of amides is 2. The lowest BCUT2D eigenvalue weighted by atomic mass is 10.0. The fourth-order valence-electron chi connectivity index (χ4n) is 1.89. The van der Waals surface area contributed by atoms with E-state index in [-0.39, 0.29) is 11.7 Å². The van der Waals surface area contributed by atoms with E-state index in [1.807, 2.05) is 42.5 Å². The Kier molecular flexibility index (Phi) is 5.00. The van der Waals surface area contributed by atoms with Gasteiger partial charge >= 0.3 is 0 Å². The Labute approximate surface area is 128 Å². The summed E-state index contributed by atoms with van der Waals surface area (Å²) in [4.78, 5) is 23.1. The third-order valence-electron chi connectivity index (χ3n) is 3.09. The fourth-order valence-corrected chi connectivity index (χ4v) is 2.16. The van der Waals surface area contributed by atoms with Gasteiger partial charge in [-0.3, -0.25) is 9.59 Å². The van der Waals surface area contributed by atoms with Gasteiger partial charge in [0.25, 0.3) is 5.91 Å². The number of thiol groups is 1. The van der Waals surface area contributed by atoms with E-state index in [1.165, 1.54) is 0 Å². The summed E-state index contributed by atoms with van der Waals surface area (Å²) in [6.07, 6.45) is 0. The summed E-state index contributed by atoms with van der Waals surface area (Å²) in [6, 6.07) is 16.3. The first kappa shape index (κ1) is 15.1. The Morgan fingerprint density at radius 3 is 2.10 bits per heavy atom. The third-order valence-corrected chi connectivity index (χ3v) is 3.45. The van der Waals surface area contributed by atoms with Crippen LogP contribution in [-0.2, 0) is 4.79 Å². The van der Waals surface area contributed by atoms with Crippen LogP contribution in [0, 0.1) is 0 Å². The van der Waals surface area contributed by atoms with E-state index in [1.54, 1.807) is 12.1 Å². The summed E-state index contributed by atoms with van der Waals surface area (Å²) >= 11 is 3.99. The molecule has 108 valence electrons. The maximum absolute atomic E-state index is 12.0. The highest BCUT2D eigenvalue weighted by molar-refractivity contribution is 7.80. The Morgan fingerprint density at radius 2 is 1.57 bits per heavy atom. The number of rotatable bonds is 5. The molecule has 0 aromatic heterocycles. The lowest BCUT2D eigenvalue weighted by Gasteiger charge is -2.13. The first-order valence-electron chi connectivity index (χ1n) is 6.48. The van der Waals surface area contributed by atoms with Crippen molar-refractivity contribution in [3.8, 4) is 11.1 Å². The molecule has 4 nitrogen and oxygen atoms in total. The van der Waals surface area contributed by atoms with Gasteiger partial charge in [0.1, 0.15) is 6.04 Å². The van der Waals surface area contributed by atoms with Gasteiger partial charge in [0, 0.05) is 11.3 Å². The average molecular weight is 300 g/mol. The van der Waals surface area contributed by atoms with Crippen molar-refractivity contribution in [2.24, 2.45) is 5.73 Å². The van der Waals surface area contributed by atoms with Gasteiger partial charge in [-0.1, -0.05) is 42.5 Å². The summed E-state index contributed by atoms with van der Waals surface area (Å²) in [6.45, 7) is 0. The smallest absolute Gasteiger partial charge is 0.251 e. The van der Waals surface area contributed by atoms with E-state index in [0.717, 1.165) is 11.1 Å². The Balaban J connectivity index is 2.12. The first-order valence-corrected chi connectivity index (χ1v) is 7.11. The van der Waals surface area contributed by atoms with Crippen molar-refractivity contribution in [2.45, 2.75) is 6.04 Å². The Bertz CT molecular complexity index is 626. The zero-order valence-electron chi connectivity index (χ0n) is 11.3. The van der Waals surface area contributed by atoms with Crippen LogP contribution in [0.3, 0.4) is 0 Å². The normalized spacial score (nSPS) is 11.7. The van der Waals surface area contributed by atoms with Gasteiger partial charge in [-0.25, -0.2) is 0 Å². The van der Waals surface area contributed by atoms with Crippen LogP contribution < -0.4 is 11.1 Å². The van der Waals surface area contributed by atoms with Gasteiger partial charge in [0.05, 0.1) is 0 Å². The second kappa shape index (κ2) is 6.95. The molecule has 0 saturated carbocycles. The van der Waals surface area contributed by atoms with Gasteiger partial charge in [0.2, 0.25) is 5.91 Å². The number of primary amides is 1. The minimum absolute atomic E-state index is 0.170. The van der Waals surface area contributed by atoms with Crippen LogP contribution in [0.4, 0.5) is 0 Å². The van der Waals surface area contributed by atoms with E-state index in [2.05, 4.69) is 17.9 Å². The summed E-state index contributed by atoms with van der Waals surface area (Å²) in [7, 11) is 0. The molecule has 0 aliphatic rings. The number of carbonyl (C=O) groups excluding carboxylic acids is 2. The molecule has 21 heavy (non-hydrogen) atoms. The van der Waals surface area contributed by atoms with Gasteiger partial charge in [-0.2, -0.15) is 12.6 Å². The molecule has 0 fully saturated rings. The van der Waals surface area contributed by atoms with Crippen LogP contribution >= 0.6 is 12.6 Å². The molecule has 0 bridgehead atoms. The number of hydrogen-bond donors (Lipinski definition) is 3. The average Bonchev–Trinajstić information content (AvgIpc) is 2.53. The molecule has 0 spiro atoms. The fraction of sp³-hybridized carbons (Fsp3) is 0.125. The third kappa shape index (κ3) is 3.86. The number of nitrogens with one attached hydrogen (secondary N) is 1. The molecular weight excluding hydrogens is 284 g/mol.